The minimum absolute atomic E-state index is 0.00203. The molecule has 9 nitrogen and oxygen atoms in total. The molecule has 3 amide bonds. The Kier molecular flexibility index (Phi) is 9.92. The molecule has 6 rings (SSSR count). The van der Waals surface area contributed by atoms with E-state index in [0.29, 0.717) is 12.0 Å². The van der Waals surface area contributed by atoms with Gasteiger partial charge in [0.15, 0.2) is 11.6 Å². The second kappa shape index (κ2) is 14.2. The number of nitrogens with zero attached hydrogens (tertiary/aromatic N) is 2. The summed E-state index contributed by atoms with van der Waals surface area (Å²) in [6, 6.07) is 8.61. The normalized spacial score (nSPS) is 24.7. The lowest BCUT2D eigenvalue weighted by molar-refractivity contribution is -0.133. The van der Waals surface area contributed by atoms with Crippen molar-refractivity contribution in [3.8, 4) is 11.8 Å². The maximum absolute atomic E-state index is 15.1. The molecule has 0 unspecified atom stereocenters. The number of nitrogens with one attached hydrogen (secondary N) is 3. The van der Waals surface area contributed by atoms with Crippen molar-refractivity contribution in [1.82, 2.24) is 25.8 Å². The lowest BCUT2D eigenvalue weighted by Crippen LogP contribution is -2.46. The molecule has 244 valence electrons. The Morgan fingerprint density at radius 1 is 0.978 bits per heavy atom. The van der Waals surface area contributed by atoms with Crippen molar-refractivity contribution in [2.75, 3.05) is 45.9 Å². The molecule has 3 aliphatic heterocycles. The van der Waals surface area contributed by atoms with E-state index in [1.54, 1.807) is 4.90 Å². The highest BCUT2D eigenvalue weighted by molar-refractivity contribution is 5.94. The quantitative estimate of drug-likeness (QED) is 0.384. The van der Waals surface area contributed by atoms with E-state index in [0.717, 1.165) is 51.3 Å². The number of alkyl halides is 1. The van der Waals surface area contributed by atoms with E-state index in [9.17, 15) is 23.2 Å². The van der Waals surface area contributed by atoms with E-state index < -0.39 is 41.4 Å². The Hall–Kier alpha value is -3.92. The summed E-state index contributed by atoms with van der Waals surface area (Å²) in [6.07, 6.45) is 0.961. The Morgan fingerprint density at radius 2 is 1.74 bits per heavy atom. The summed E-state index contributed by atoms with van der Waals surface area (Å²) in [5, 5.41) is 8.39. The van der Waals surface area contributed by atoms with Crippen molar-refractivity contribution in [2.24, 2.45) is 5.92 Å². The third kappa shape index (κ3) is 7.71. The van der Waals surface area contributed by atoms with Crippen LogP contribution in [0.25, 0.3) is 0 Å². The molecule has 3 saturated heterocycles. The van der Waals surface area contributed by atoms with Crippen LogP contribution >= 0.6 is 0 Å². The van der Waals surface area contributed by atoms with E-state index in [-0.39, 0.29) is 55.4 Å². The van der Waals surface area contributed by atoms with Crippen LogP contribution in [0.1, 0.15) is 52.7 Å². The number of benzene rings is 2. The predicted octanol–water partition coefficient (Wildman–Crippen LogP) is 2.12. The zero-order valence-corrected chi connectivity index (χ0v) is 25.5. The number of hydrogen-bond donors (Lipinski definition) is 3. The molecule has 0 radical (unpaired) electrons. The summed E-state index contributed by atoms with van der Waals surface area (Å²) in [6.45, 7) is 4.38. The van der Waals surface area contributed by atoms with Gasteiger partial charge in [-0.05, 0) is 49.1 Å². The van der Waals surface area contributed by atoms with Crippen molar-refractivity contribution in [3.05, 3.63) is 70.3 Å². The maximum atomic E-state index is 15.1. The van der Waals surface area contributed by atoms with E-state index in [1.807, 2.05) is 24.3 Å². The van der Waals surface area contributed by atoms with Gasteiger partial charge in [0.05, 0.1) is 36.4 Å². The first-order valence-electron chi connectivity index (χ1n) is 15.9. The van der Waals surface area contributed by atoms with Crippen molar-refractivity contribution in [2.45, 2.75) is 56.5 Å². The number of carbonyl (C=O) groups is 3. The van der Waals surface area contributed by atoms with E-state index in [4.69, 9.17) is 4.74 Å². The van der Waals surface area contributed by atoms with Crippen LogP contribution in [0, 0.1) is 29.4 Å². The van der Waals surface area contributed by atoms with Crippen LogP contribution in [0.4, 0.5) is 13.2 Å². The molecule has 0 spiro atoms. The Labute approximate surface area is 266 Å². The van der Waals surface area contributed by atoms with Gasteiger partial charge in [-0.25, -0.2) is 13.2 Å². The first-order valence-corrected chi connectivity index (χ1v) is 15.9. The summed E-state index contributed by atoms with van der Waals surface area (Å²) in [5.74, 6) is 1.73. The summed E-state index contributed by atoms with van der Waals surface area (Å²) >= 11 is 0. The lowest BCUT2D eigenvalue weighted by Gasteiger charge is -2.26. The first kappa shape index (κ1) is 32.0. The highest BCUT2D eigenvalue weighted by atomic mass is 19.2. The smallest absolute Gasteiger partial charge is 0.254 e. The van der Waals surface area contributed by atoms with Crippen LogP contribution in [0.3, 0.4) is 0 Å². The van der Waals surface area contributed by atoms with Gasteiger partial charge in [0.25, 0.3) is 5.91 Å². The fourth-order valence-electron chi connectivity index (χ4n) is 6.22. The largest absolute Gasteiger partial charge is 0.379 e. The second-order valence-electron chi connectivity index (χ2n) is 12.5. The van der Waals surface area contributed by atoms with E-state index in [1.165, 1.54) is 12.1 Å². The average molecular weight is 638 g/mol. The third-order valence-corrected chi connectivity index (χ3v) is 8.99. The number of carbonyl (C=O) groups excluding carboxylic acids is 3. The van der Waals surface area contributed by atoms with E-state index in [2.05, 4.69) is 32.7 Å². The molecule has 1 aliphatic carbocycles. The zero-order chi connectivity index (χ0) is 32.2. The van der Waals surface area contributed by atoms with Gasteiger partial charge in [-0.1, -0.05) is 24.0 Å². The Balaban J connectivity index is 1.06. The zero-order valence-electron chi connectivity index (χ0n) is 25.5. The van der Waals surface area contributed by atoms with Crippen molar-refractivity contribution < 1.29 is 32.3 Å². The fourth-order valence-corrected chi connectivity index (χ4v) is 6.22. The maximum Gasteiger partial charge on any atom is 0.254 e. The first-order chi connectivity index (χ1) is 22.2. The lowest BCUT2D eigenvalue weighted by atomic mass is 10.1. The number of likely N-dealkylation sites (tertiary alicyclic amines) is 1. The Bertz CT molecular complexity index is 1520. The molecular weight excluding hydrogens is 599 g/mol. The number of hydrogen-bond acceptors (Lipinski definition) is 6. The van der Waals surface area contributed by atoms with Gasteiger partial charge in [-0.3, -0.25) is 19.3 Å². The van der Waals surface area contributed by atoms with Crippen molar-refractivity contribution in [1.29, 1.82) is 0 Å². The molecular formula is C34H38F3N5O4. The highest BCUT2D eigenvalue weighted by Crippen LogP contribution is 2.34. The van der Waals surface area contributed by atoms with Crippen molar-refractivity contribution >= 4 is 17.7 Å². The predicted molar refractivity (Wildman–Crippen MR) is 163 cm³/mol. The topological polar surface area (TPSA) is 103 Å². The van der Waals surface area contributed by atoms with Gasteiger partial charge < -0.3 is 25.6 Å². The molecule has 12 heteroatoms. The van der Waals surface area contributed by atoms with Crippen LogP contribution in [-0.4, -0.2) is 97.8 Å². The number of amides is 3. The Morgan fingerprint density at radius 3 is 2.43 bits per heavy atom. The minimum Gasteiger partial charge on any atom is -0.379 e. The summed E-state index contributed by atoms with van der Waals surface area (Å²) in [7, 11) is 0. The van der Waals surface area contributed by atoms with Gasteiger partial charge in [0.1, 0.15) is 6.17 Å². The van der Waals surface area contributed by atoms with E-state index >= 15 is 4.39 Å². The summed E-state index contributed by atoms with van der Waals surface area (Å²) in [5.41, 5.74) is 1.13. The molecule has 2 aromatic rings. The number of halogens is 3. The molecule has 4 fully saturated rings. The molecule has 4 atom stereocenters. The standard InChI is InChI=1S/C34H38F3N5O4/c35-25-15-29(38-17-25)33(44)40-26-16-27(42(20-26)34(45)24-7-8-24)18-39-32(43)28-10-9-23(30(36)31(28)37)6-5-21-1-3-22(4-2-21)19-41-11-13-46-14-12-41/h1-4,9-10,24-27,29,38H,7-8,11-20H2,(H,39,43)(H,40,44)/t25-,26+,27+,29-/m0/s1. The average Bonchev–Trinajstić information content (AvgIpc) is 3.70. The van der Waals surface area contributed by atoms with Gasteiger partial charge in [-0.2, -0.15) is 0 Å². The van der Waals surface area contributed by atoms with Gasteiger partial charge >= 0.3 is 0 Å². The monoisotopic (exact) mass is 637 g/mol. The van der Waals surface area contributed by atoms with Crippen LogP contribution in [0.5, 0.6) is 0 Å². The summed E-state index contributed by atoms with van der Waals surface area (Å²) in [4.78, 5) is 42.5. The fraction of sp³-hybridized carbons (Fsp3) is 0.500. The molecule has 1 saturated carbocycles. The number of morpholine rings is 1. The van der Waals surface area contributed by atoms with Crippen molar-refractivity contribution in [3.63, 3.8) is 0 Å². The van der Waals surface area contributed by atoms with Crippen LogP contribution in [-0.2, 0) is 20.9 Å². The minimum atomic E-state index is -1.30. The number of rotatable bonds is 8. The molecule has 46 heavy (non-hydrogen) atoms. The summed E-state index contributed by atoms with van der Waals surface area (Å²) < 4.78 is 49.0. The molecule has 3 N–H and O–H groups in total. The molecule has 4 aliphatic rings. The molecule has 0 aromatic heterocycles. The second-order valence-corrected chi connectivity index (χ2v) is 12.5. The van der Waals surface area contributed by atoms with Gasteiger partial charge in [-0.15, -0.1) is 0 Å². The van der Waals surface area contributed by atoms with Crippen LogP contribution < -0.4 is 16.0 Å². The third-order valence-electron chi connectivity index (χ3n) is 8.99. The van der Waals surface area contributed by atoms with Crippen LogP contribution in [0.2, 0.25) is 0 Å². The van der Waals surface area contributed by atoms with Crippen LogP contribution in [0.15, 0.2) is 36.4 Å². The SMILES string of the molecule is O=C(NC[C@H]1C[C@@H](NC(=O)[C@@H]2C[C@H](F)CN2)CN1C(=O)C1CC1)c1ccc(C#Cc2ccc(CN3CCOCC3)cc2)c(F)c1F. The molecule has 2 aromatic carbocycles. The number of ether oxygens (including phenoxy) is 1. The highest BCUT2D eigenvalue weighted by Gasteiger charge is 2.42. The van der Waals surface area contributed by atoms with Gasteiger partial charge in [0, 0.05) is 63.2 Å². The molecule has 0 bridgehead atoms. The molecule has 3 heterocycles. The van der Waals surface area contributed by atoms with Gasteiger partial charge in [0.2, 0.25) is 11.8 Å².